The summed E-state index contributed by atoms with van der Waals surface area (Å²) in [5.74, 6) is -0.630. The van der Waals surface area contributed by atoms with Gasteiger partial charge in [0, 0.05) is 14.6 Å². The number of hydrogen-bond acceptors (Lipinski definition) is 4. The molecule has 1 aromatic carbocycles. The van der Waals surface area contributed by atoms with Crippen LogP contribution >= 0.6 is 27.3 Å². The van der Waals surface area contributed by atoms with E-state index in [9.17, 15) is 13.2 Å². The molecule has 7 nitrogen and oxygen atoms in total. The van der Waals surface area contributed by atoms with Crippen LogP contribution in [0.3, 0.4) is 0 Å². The van der Waals surface area contributed by atoms with E-state index in [1.54, 1.807) is 6.07 Å². The summed E-state index contributed by atoms with van der Waals surface area (Å²) in [6, 6.07) is 7.55. The van der Waals surface area contributed by atoms with E-state index in [1.165, 1.54) is 11.3 Å². The standard InChI is InChI=1S/C10H8BrN3OS.CH4O3S/c11-6-2-1-3-7-5(6)4-8(16-7)9(15)14-10(12)13;1-5(2,3)4/h1-4H,(H4,12,13,14,15);1H3,(H,2,3,4). The summed E-state index contributed by atoms with van der Waals surface area (Å²) in [4.78, 5) is 15.6. The third-order valence-corrected chi connectivity index (χ3v) is 3.73. The van der Waals surface area contributed by atoms with Crippen molar-refractivity contribution >= 4 is 59.3 Å². The van der Waals surface area contributed by atoms with E-state index in [1.807, 2.05) is 18.2 Å². The number of nitrogens with two attached hydrogens (primary N) is 2. The van der Waals surface area contributed by atoms with Gasteiger partial charge in [-0.1, -0.05) is 22.0 Å². The zero-order valence-corrected chi connectivity index (χ0v) is 14.0. The van der Waals surface area contributed by atoms with Crippen molar-refractivity contribution in [3.8, 4) is 0 Å². The van der Waals surface area contributed by atoms with Crippen LogP contribution in [0.1, 0.15) is 9.67 Å². The molecule has 0 spiro atoms. The van der Waals surface area contributed by atoms with Crippen LogP contribution in [-0.2, 0) is 10.1 Å². The second-order valence-corrected chi connectivity index (χ2v) is 7.24. The molecule has 0 bridgehead atoms. The SMILES string of the molecule is CS(=O)(=O)O.NC(N)=NC(=O)c1cc2c(Br)cccc2s1. The highest BCUT2D eigenvalue weighted by molar-refractivity contribution is 9.10. The number of rotatable bonds is 1. The van der Waals surface area contributed by atoms with Gasteiger partial charge in [-0.3, -0.25) is 9.35 Å². The first-order chi connectivity index (χ1) is 9.58. The van der Waals surface area contributed by atoms with Gasteiger partial charge in [0.25, 0.3) is 16.0 Å². The van der Waals surface area contributed by atoms with Crippen molar-refractivity contribution in [2.75, 3.05) is 6.26 Å². The van der Waals surface area contributed by atoms with Gasteiger partial charge in [-0.25, -0.2) is 0 Å². The average molecular weight is 394 g/mol. The lowest BCUT2D eigenvalue weighted by Gasteiger charge is -1.90. The number of hydrogen-bond donors (Lipinski definition) is 3. The lowest BCUT2D eigenvalue weighted by Crippen LogP contribution is -2.24. The van der Waals surface area contributed by atoms with E-state index in [2.05, 4.69) is 20.9 Å². The second-order valence-electron chi connectivity index (χ2n) is 3.84. The number of amides is 1. The second kappa shape index (κ2) is 6.98. The molecule has 0 fully saturated rings. The van der Waals surface area contributed by atoms with Gasteiger partial charge in [-0.15, -0.1) is 11.3 Å². The van der Waals surface area contributed by atoms with Crippen LogP contribution < -0.4 is 11.5 Å². The fraction of sp³-hybridized carbons (Fsp3) is 0.0909. The van der Waals surface area contributed by atoms with Crippen LogP contribution in [-0.4, -0.2) is 31.1 Å². The largest absolute Gasteiger partial charge is 0.370 e. The maximum absolute atomic E-state index is 11.6. The molecule has 0 atom stereocenters. The molecular weight excluding hydrogens is 382 g/mol. The Morgan fingerprint density at radius 2 is 1.95 bits per heavy atom. The molecule has 114 valence electrons. The first-order valence-corrected chi connectivity index (χ1v) is 8.78. The number of carbonyl (C=O) groups is 1. The zero-order valence-electron chi connectivity index (χ0n) is 10.8. The van der Waals surface area contributed by atoms with Crippen LogP contribution in [0.5, 0.6) is 0 Å². The molecular formula is C11H12BrN3O4S2. The summed E-state index contributed by atoms with van der Waals surface area (Å²) in [5.41, 5.74) is 10.3. The van der Waals surface area contributed by atoms with Gasteiger partial charge in [0.2, 0.25) is 0 Å². The monoisotopic (exact) mass is 393 g/mol. The summed E-state index contributed by atoms with van der Waals surface area (Å²) in [6.45, 7) is 0. The van der Waals surface area contributed by atoms with Crippen LogP contribution in [0.15, 0.2) is 33.7 Å². The Kier molecular flexibility index (Phi) is 5.84. The van der Waals surface area contributed by atoms with Crippen molar-refractivity contribution in [1.29, 1.82) is 0 Å². The minimum absolute atomic E-state index is 0.221. The van der Waals surface area contributed by atoms with Gasteiger partial charge in [-0.05, 0) is 18.2 Å². The van der Waals surface area contributed by atoms with Gasteiger partial charge < -0.3 is 11.5 Å². The Balaban J connectivity index is 0.000000383. The van der Waals surface area contributed by atoms with E-state index in [4.69, 9.17) is 16.0 Å². The van der Waals surface area contributed by atoms with E-state index in [0.717, 1.165) is 14.6 Å². The number of thiophene rings is 1. The number of carbonyl (C=O) groups excluding carboxylic acids is 1. The molecule has 0 unspecified atom stereocenters. The molecule has 10 heteroatoms. The molecule has 21 heavy (non-hydrogen) atoms. The van der Waals surface area contributed by atoms with Crippen molar-refractivity contribution in [3.63, 3.8) is 0 Å². The van der Waals surface area contributed by atoms with Crippen LogP contribution in [0.25, 0.3) is 10.1 Å². The van der Waals surface area contributed by atoms with E-state index in [0.29, 0.717) is 11.1 Å². The summed E-state index contributed by atoms with van der Waals surface area (Å²) >= 11 is 4.78. The Labute approximate surface area is 133 Å². The van der Waals surface area contributed by atoms with Gasteiger partial charge in [0.1, 0.15) is 0 Å². The summed E-state index contributed by atoms with van der Waals surface area (Å²) in [5, 5.41) is 0.988. The van der Waals surface area contributed by atoms with Crippen LogP contribution in [0.4, 0.5) is 0 Å². The average Bonchev–Trinajstić information content (AvgIpc) is 2.71. The van der Waals surface area contributed by atoms with Crippen molar-refractivity contribution in [2.24, 2.45) is 16.5 Å². The molecule has 2 aromatic rings. The highest BCUT2D eigenvalue weighted by Gasteiger charge is 2.10. The lowest BCUT2D eigenvalue weighted by molar-refractivity contribution is 0.101. The quantitative estimate of drug-likeness (QED) is 0.382. The molecule has 0 radical (unpaired) electrons. The van der Waals surface area contributed by atoms with Crippen LogP contribution in [0, 0.1) is 0 Å². The molecule has 0 saturated heterocycles. The molecule has 0 aliphatic rings. The fourth-order valence-corrected chi connectivity index (χ4v) is 2.89. The molecule has 5 N–H and O–H groups in total. The van der Waals surface area contributed by atoms with Crippen molar-refractivity contribution in [1.82, 2.24) is 0 Å². The Morgan fingerprint density at radius 3 is 2.43 bits per heavy atom. The van der Waals surface area contributed by atoms with Crippen molar-refractivity contribution in [3.05, 3.63) is 33.6 Å². The van der Waals surface area contributed by atoms with E-state index < -0.39 is 16.0 Å². The summed E-state index contributed by atoms with van der Waals surface area (Å²) in [7, 11) is -3.67. The Morgan fingerprint density at radius 1 is 1.38 bits per heavy atom. The number of aliphatic imine (C=N–C) groups is 1. The molecule has 0 saturated carbocycles. The topological polar surface area (TPSA) is 136 Å². The smallest absolute Gasteiger partial charge is 0.290 e. The van der Waals surface area contributed by atoms with Gasteiger partial charge in [0.15, 0.2) is 5.96 Å². The third-order valence-electron chi connectivity index (χ3n) is 1.95. The zero-order chi connectivity index (χ0) is 16.2. The number of nitrogens with zero attached hydrogens (tertiary/aromatic N) is 1. The van der Waals surface area contributed by atoms with Gasteiger partial charge in [0.05, 0.1) is 11.1 Å². The lowest BCUT2D eigenvalue weighted by atomic mass is 10.2. The maximum Gasteiger partial charge on any atom is 0.290 e. The number of fused-ring (bicyclic) bond motifs is 1. The normalized spacial score (nSPS) is 10.6. The van der Waals surface area contributed by atoms with Crippen molar-refractivity contribution in [2.45, 2.75) is 0 Å². The third kappa shape index (κ3) is 6.21. The molecule has 1 amide bonds. The molecule has 1 heterocycles. The molecule has 0 aliphatic carbocycles. The maximum atomic E-state index is 11.6. The predicted octanol–water partition coefficient (Wildman–Crippen LogP) is 1.58. The van der Waals surface area contributed by atoms with Gasteiger partial charge in [-0.2, -0.15) is 13.4 Å². The highest BCUT2D eigenvalue weighted by Crippen LogP contribution is 2.31. The number of halogens is 1. The minimum Gasteiger partial charge on any atom is -0.370 e. The number of guanidine groups is 1. The summed E-state index contributed by atoms with van der Waals surface area (Å²) < 4.78 is 27.8. The summed E-state index contributed by atoms with van der Waals surface area (Å²) in [6.07, 6.45) is 0.715. The first kappa shape index (κ1) is 17.6. The molecule has 0 aliphatic heterocycles. The predicted molar refractivity (Wildman–Crippen MR) is 87.1 cm³/mol. The fourth-order valence-electron chi connectivity index (χ4n) is 1.30. The first-order valence-electron chi connectivity index (χ1n) is 5.32. The van der Waals surface area contributed by atoms with Crippen LogP contribution in [0.2, 0.25) is 0 Å². The number of benzene rings is 1. The molecule has 2 rings (SSSR count). The van der Waals surface area contributed by atoms with Crippen molar-refractivity contribution < 1.29 is 17.8 Å². The van der Waals surface area contributed by atoms with E-state index >= 15 is 0 Å². The van der Waals surface area contributed by atoms with E-state index in [-0.39, 0.29) is 5.96 Å². The minimum atomic E-state index is -3.67. The highest BCUT2D eigenvalue weighted by atomic mass is 79.9. The van der Waals surface area contributed by atoms with Gasteiger partial charge >= 0.3 is 0 Å². The Bertz CT molecular complexity index is 787. The molecule has 1 aromatic heterocycles. The Hall–Kier alpha value is -1.49.